The summed E-state index contributed by atoms with van der Waals surface area (Å²) in [6, 6.07) is 2.03. The van der Waals surface area contributed by atoms with Crippen molar-refractivity contribution in [2.75, 3.05) is 5.32 Å². The Bertz CT molecular complexity index is 408. The fourth-order valence-corrected chi connectivity index (χ4v) is 1.19. The molecule has 8 heteroatoms. The van der Waals surface area contributed by atoms with Gasteiger partial charge in [0.1, 0.15) is 0 Å². The molecule has 0 unspecified atom stereocenters. The Labute approximate surface area is 93.5 Å². The first-order chi connectivity index (χ1) is 7.34. The second-order valence-electron chi connectivity index (χ2n) is 2.79. The lowest BCUT2D eigenvalue weighted by Gasteiger charge is -2.13. The summed E-state index contributed by atoms with van der Waals surface area (Å²) in [5.41, 5.74) is 0.201. The van der Waals surface area contributed by atoms with Gasteiger partial charge in [-0.3, -0.25) is 5.43 Å². The predicted molar refractivity (Wildman–Crippen MR) is 52.8 cm³/mol. The first kappa shape index (κ1) is 12.6. The third kappa shape index (κ3) is 3.01. The van der Waals surface area contributed by atoms with E-state index in [1.165, 1.54) is 6.07 Å². The Hall–Kier alpha value is -1.47. The van der Waals surface area contributed by atoms with E-state index in [-0.39, 0.29) is 5.02 Å². The summed E-state index contributed by atoms with van der Waals surface area (Å²) < 4.78 is 37.6. The molecule has 4 nitrogen and oxygen atoms in total. The molecule has 0 heterocycles. The van der Waals surface area contributed by atoms with Crippen LogP contribution in [0.5, 0.6) is 0 Å². The average Bonchev–Trinajstić information content (AvgIpc) is 2.19. The Morgan fingerprint density at radius 3 is 2.50 bits per heavy atom. The van der Waals surface area contributed by atoms with E-state index in [4.69, 9.17) is 17.4 Å². The van der Waals surface area contributed by atoms with E-state index in [0.29, 0.717) is 6.07 Å². The van der Waals surface area contributed by atoms with Gasteiger partial charge in [0.15, 0.2) is 0 Å². The SMILES string of the molecule is NNC(=O)Nc1ccc(Cl)cc1C(F)(F)F. The fourth-order valence-electron chi connectivity index (χ4n) is 1.02. The maximum Gasteiger partial charge on any atom is 0.418 e. The molecule has 2 amide bonds. The van der Waals surface area contributed by atoms with Crippen molar-refractivity contribution in [3.05, 3.63) is 28.8 Å². The molecule has 0 bridgehead atoms. The van der Waals surface area contributed by atoms with Gasteiger partial charge in [0.25, 0.3) is 0 Å². The number of hydrogen-bond acceptors (Lipinski definition) is 2. The number of halogens is 4. The highest BCUT2D eigenvalue weighted by Gasteiger charge is 2.34. The molecule has 0 atom stereocenters. The van der Waals surface area contributed by atoms with Crippen LogP contribution in [0.15, 0.2) is 18.2 Å². The van der Waals surface area contributed by atoms with Gasteiger partial charge in [-0.15, -0.1) is 0 Å². The lowest BCUT2D eigenvalue weighted by molar-refractivity contribution is -0.136. The highest BCUT2D eigenvalue weighted by Crippen LogP contribution is 2.36. The molecule has 0 fully saturated rings. The molecule has 0 aliphatic carbocycles. The van der Waals surface area contributed by atoms with Crippen LogP contribution < -0.4 is 16.6 Å². The van der Waals surface area contributed by atoms with Crippen molar-refractivity contribution in [1.82, 2.24) is 5.43 Å². The minimum absolute atomic E-state index is 0.0777. The number of nitrogens with two attached hydrogens (primary N) is 1. The molecule has 0 aliphatic heterocycles. The number of rotatable bonds is 1. The Balaban J connectivity index is 3.13. The maximum absolute atomic E-state index is 12.5. The summed E-state index contributed by atoms with van der Waals surface area (Å²) in [6.07, 6.45) is -4.61. The molecule has 1 rings (SSSR count). The number of benzene rings is 1. The molecule has 0 radical (unpaired) electrons. The Kier molecular flexibility index (Phi) is 3.61. The van der Waals surface area contributed by atoms with Crippen LogP contribution in [0.1, 0.15) is 5.56 Å². The van der Waals surface area contributed by atoms with E-state index < -0.39 is 23.5 Å². The van der Waals surface area contributed by atoms with Crippen LogP contribution in [0.2, 0.25) is 5.02 Å². The lowest BCUT2D eigenvalue weighted by atomic mass is 10.1. The number of anilines is 1. The van der Waals surface area contributed by atoms with Crippen LogP contribution in [-0.4, -0.2) is 6.03 Å². The van der Waals surface area contributed by atoms with Crippen LogP contribution in [0.25, 0.3) is 0 Å². The highest BCUT2D eigenvalue weighted by molar-refractivity contribution is 6.30. The predicted octanol–water partition coefficient (Wildman–Crippen LogP) is 2.35. The number of amides is 2. The second kappa shape index (κ2) is 4.58. The molecule has 0 saturated carbocycles. The first-order valence-corrected chi connectivity index (χ1v) is 4.36. The van der Waals surface area contributed by atoms with E-state index >= 15 is 0 Å². The zero-order valence-corrected chi connectivity index (χ0v) is 8.49. The van der Waals surface area contributed by atoms with Crippen LogP contribution in [-0.2, 0) is 6.18 Å². The van der Waals surface area contributed by atoms with Gasteiger partial charge in [0.2, 0.25) is 0 Å². The van der Waals surface area contributed by atoms with Crippen LogP contribution in [0.4, 0.5) is 23.7 Å². The normalized spacial score (nSPS) is 11.1. The smallest absolute Gasteiger partial charge is 0.306 e. The van der Waals surface area contributed by atoms with Crippen molar-refractivity contribution in [2.45, 2.75) is 6.18 Å². The van der Waals surface area contributed by atoms with Gasteiger partial charge in [-0.05, 0) is 18.2 Å². The molecular weight excluding hydrogens is 247 g/mol. The Morgan fingerprint density at radius 1 is 1.38 bits per heavy atom. The quantitative estimate of drug-likeness (QED) is 0.409. The van der Waals surface area contributed by atoms with Crippen LogP contribution in [0, 0.1) is 0 Å². The molecule has 88 valence electrons. The summed E-state index contributed by atoms with van der Waals surface area (Å²) in [5.74, 6) is 4.74. The molecule has 4 N–H and O–H groups in total. The molecule has 16 heavy (non-hydrogen) atoms. The average molecular weight is 254 g/mol. The number of urea groups is 1. The van der Waals surface area contributed by atoms with Crippen molar-refractivity contribution in [3.8, 4) is 0 Å². The number of alkyl halides is 3. The van der Waals surface area contributed by atoms with Gasteiger partial charge in [-0.1, -0.05) is 11.6 Å². The first-order valence-electron chi connectivity index (χ1n) is 3.99. The standard InChI is InChI=1S/C8H7ClF3N3O/c9-4-1-2-6(14-7(16)15-13)5(3-4)8(10,11)12/h1-3H,13H2,(H2,14,15,16). The van der Waals surface area contributed by atoms with Gasteiger partial charge in [-0.25, -0.2) is 10.6 Å². The minimum Gasteiger partial charge on any atom is -0.306 e. The van der Waals surface area contributed by atoms with Gasteiger partial charge < -0.3 is 5.32 Å². The van der Waals surface area contributed by atoms with Gasteiger partial charge >= 0.3 is 12.2 Å². The molecule has 0 saturated heterocycles. The van der Waals surface area contributed by atoms with Crippen molar-refractivity contribution in [1.29, 1.82) is 0 Å². The molecule has 1 aromatic rings. The van der Waals surface area contributed by atoms with Crippen molar-refractivity contribution in [2.24, 2.45) is 5.84 Å². The summed E-state index contributed by atoms with van der Waals surface area (Å²) in [5, 5.41) is 1.86. The van der Waals surface area contributed by atoms with Crippen LogP contribution in [0.3, 0.4) is 0 Å². The van der Waals surface area contributed by atoms with E-state index in [0.717, 1.165) is 6.07 Å². The molecule has 1 aromatic carbocycles. The summed E-state index contributed by atoms with van der Waals surface area (Å²) in [6.45, 7) is 0. The monoisotopic (exact) mass is 253 g/mol. The number of nitrogens with one attached hydrogen (secondary N) is 2. The maximum atomic E-state index is 12.5. The molecule has 0 aromatic heterocycles. The summed E-state index contributed by atoms with van der Waals surface area (Å²) in [7, 11) is 0. The molecule has 0 spiro atoms. The summed E-state index contributed by atoms with van der Waals surface area (Å²) in [4.78, 5) is 10.8. The number of carbonyl (C=O) groups excluding carboxylic acids is 1. The third-order valence-electron chi connectivity index (χ3n) is 1.67. The zero-order chi connectivity index (χ0) is 12.3. The third-order valence-corrected chi connectivity index (χ3v) is 1.90. The van der Waals surface area contributed by atoms with Gasteiger partial charge in [0.05, 0.1) is 11.3 Å². The fraction of sp³-hybridized carbons (Fsp3) is 0.125. The van der Waals surface area contributed by atoms with E-state index in [1.807, 2.05) is 5.32 Å². The van der Waals surface area contributed by atoms with Crippen molar-refractivity contribution >= 4 is 23.3 Å². The highest BCUT2D eigenvalue weighted by atomic mass is 35.5. The minimum atomic E-state index is -4.61. The van der Waals surface area contributed by atoms with Crippen molar-refractivity contribution < 1.29 is 18.0 Å². The topological polar surface area (TPSA) is 67.1 Å². The number of hydrogen-bond donors (Lipinski definition) is 3. The van der Waals surface area contributed by atoms with Crippen LogP contribution >= 0.6 is 11.6 Å². The number of carbonyl (C=O) groups is 1. The lowest BCUT2D eigenvalue weighted by Crippen LogP contribution is -2.34. The van der Waals surface area contributed by atoms with Gasteiger partial charge in [-0.2, -0.15) is 13.2 Å². The number of hydrazine groups is 1. The molecular formula is C8H7ClF3N3O. The second-order valence-corrected chi connectivity index (χ2v) is 3.22. The summed E-state index contributed by atoms with van der Waals surface area (Å²) >= 11 is 5.44. The van der Waals surface area contributed by atoms with Crippen molar-refractivity contribution in [3.63, 3.8) is 0 Å². The van der Waals surface area contributed by atoms with Gasteiger partial charge in [0, 0.05) is 5.02 Å². The largest absolute Gasteiger partial charge is 0.418 e. The zero-order valence-electron chi connectivity index (χ0n) is 7.73. The Morgan fingerprint density at radius 2 is 2.00 bits per heavy atom. The van der Waals surface area contributed by atoms with E-state index in [2.05, 4.69) is 0 Å². The molecule has 0 aliphatic rings. The van der Waals surface area contributed by atoms with E-state index in [9.17, 15) is 18.0 Å². The van der Waals surface area contributed by atoms with E-state index in [1.54, 1.807) is 5.43 Å².